The van der Waals surface area contributed by atoms with Gasteiger partial charge in [-0.25, -0.2) is 4.39 Å². The summed E-state index contributed by atoms with van der Waals surface area (Å²) in [6.45, 7) is 4.37. The van der Waals surface area contributed by atoms with Crippen LogP contribution >= 0.6 is 0 Å². The van der Waals surface area contributed by atoms with Crippen LogP contribution in [0.3, 0.4) is 0 Å². The van der Waals surface area contributed by atoms with Crippen LogP contribution in [0.25, 0.3) is 0 Å². The number of rotatable bonds is 6. The van der Waals surface area contributed by atoms with Gasteiger partial charge in [-0.2, -0.15) is 0 Å². The van der Waals surface area contributed by atoms with Crippen molar-refractivity contribution < 1.29 is 9.18 Å². The van der Waals surface area contributed by atoms with Crippen LogP contribution in [0.5, 0.6) is 0 Å². The fraction of sp³-hybridized carbons (Fsp3) is 0.588. The summed E-state index contributed by atoms with van der Waals surface area (Å²) in [7, 11) is 6.02. The lowest BCUT2D eigenvalue weighted by Gasteiger charge is -2.37. The minimum absolute atomic E-state index is 0.0227. The van der Waals surface area contributed by atoms with Gasteiger partial charge in [0, 0.05) is 44.3 Å². The Kier molecular flexibility index (Phi) is 6.50. The lowest BCUT2D eigenvalue weighted by atomic mass is 10.2. The summed E-state index contributed by atoms with van der Waals surface area (Å²) in [5.74, 6) is -0.253. The molecule has 0 unspecified atom stereocenters. The van der Waals surface area contributed by atoms with Crippen LogP contribution in [-0.4, -0.2) is 80.5 Å². The lowest BCUT2D eigenvalue weighted by Crippen LogP contribution is -2.54. The monoisotopic (exact) mass is 322 g/mol. The van der Waals surface area contributed by atoms with Gasteiger partial charge in [-0.15, -0.1) is 0 Å². The first-order chi connectivity index (χ1) is 11.0. The molecule has 0 aromatic heterocycles. The van der Waals surface area contributed by atoms with Crippen molar-refractivity contribution in [1.82, 2.24) is 20.0 Å². The van der Waals surface area contributed by atoms with Crippen molar-refractivity contribution in [2.24, 2.45) is 0 Å². The van der Waals surface area contributed by atoms with E-state index in [-0.39, 0.29) is 18.3 Å². The van der Waals surface area contributed by atoms with Gasteiger partial charge in [-0.1, -0.05) is 18.2 Å². The van der Waals surface area contributed by atoms with Crippen LogP contribution in [0.1, 0.15) is 5.56 Å². The van der Waals surface area contributed by atoms with Gasteiger partial charge < -0.3 is 10.2 Å². The molecule has 0 radical (unpaired) electrons. The van der Waals surface area contributed by atoms with Gasteiger partial charge in [0.15, 0.2) is 0 Å². The van der Waals surface area contributed by atoms with E-state index >= 15 is 0 Å². The summed E-state index contributed by atoms with van der Waals surface area (Å²) >= 11 is 0. The molecule has 1 aromatic rings. The molecule has 1 aliphatic heterocycles. The smallest absolute Gasteiger partial charge is 0.234 e. The van der Waals surface area contributed by atoms with Crippen LogP contribution in [-0.2, 0) is 11.3 Å². The Hall–Kier alpha value is -1.50. The van der Waals surface area contributed by atoms with Crippen LogP contribution in [0.4, 0.5) is 4.39 Å². The van der Waals surface area contributed by atoms with Crippen LogP contribution in [0.15, 0.2) is 24.3 Å². The second-order valence-electron chi connectivity index (χ2n) is 6.46. The van der Waals surface area contributed by atoms with E-state index in [1.54, 1.807) is 12.1 Å². The molecule has 23 heavy (non-hydrogen) atoms. The predicted octanol–water partition coefficient (Wildman–Crippen LogP) is 0.620. The number of nitrogens with one attached hydrogen (secondary N) is 1. The molecule has 0 aliphatic carbocycles. The average Bonchev–Trinajstić information content (AvgIpc) is 2.50. The first-order valence-electron chi connectivity index (χ1n) is 8.03. The van der Waals surface area contributed by atoms with Gasteiger partial charge in [-0.05, 0) is 27.2 Å². The Labute approximate surface area is 138 Å². The molecule has 5 nitrogen and oxygen atoms in total. The van der Waals surface area contributed by atoms with Crippen molar-refractivity contribution in [2.75, 3.05) is 53.9 Å². The summed E-state index contributed by atoms with van der Waals surface area (Å²) in [5, 5.41) is 2.99. The molecule has 1 aromatic carbocycles. The minimum atomic E-state index is -0.230. The zero-order valence-electron chi connectivity index (χ0n) is 14.3. The maximum atomic E-state index is 13.6. The average molecular weight is 322 g/mol. The Bertz CT molecular complexity index is 525. The van der Waals surface area contributed by atoms with E-state index in [9.17, 15) is 9.18 Å². The van der Waals surface area contributed by atoms with Crippen molar-refractivity contribution in [3.8, 4) is 0 Å². The maximum Gasteiger partial charge on any atom is 0.234 e. The lowest BCUT2D eigenvalue weighted by molar-refractivity contribution is -0.122. The van der Waals surface area contributed by atoms with E-state index in [0.717, 1.165) is 19.6 Å². The fourth-order valence-corrected chi connectivity index (χ4v) is 2.83. The molecular weight excluding hydrogens is 295 g/mol. The number of likely N-dealkylation sites (N-methyl/N-ethyl adjacent to an activating group) is 3. The number of nitrogens with zero attached hydrogens (tertiary/aromatic N) is 3. The third-order valence-corrected chi connectivity index (χ3v) is 4.33. The summed E-state index contributed by atoms with van der Waals surface area (Å²) in [4.78, 5) is 18.5. The topological polar surface area (TPSA) is 38.8 Å². The van der Waals surface area contributed by atoms with E-state index in [1.165, 1.54) is 6.07 Å². The van der Waals surface area contributed by atoms with Gasteiger partial charge in [0.1, 0.15) is 5.82 Å². The number of carbonyl (C=O) groups is 1. The van der Waals surface area contributed by atoms with Gasteiger partial charge in [0.25, 0.3) is 0 Å². The first-order valence-corrected chi connectivity index (χ1v) is 8.03. The molecule has 1 atom stereocenters. The number of hydrogen-bond acceptors (Lipinski definition) is 4. The van der Waals surface area contributed by atoms with Crippen molar-refractivity contribution in [1.29, 1.82) is 0 Å². The molecule has 0 saturated carbocycles. The van der Waals surface area contributed by atoms with Crippen molar-refractivity contribution in [3.63, 3.8) is 0 Å². The quantitative estimate of drug-likeness (QED) is 0.833. The third kappa shape index (κ3) is 5.57. The highest BCUT2D eigenvalue weighted by atomic mass is 19.1. The van der Waals surface area contributed by atoms with Crippen LogP contribution < -0.4 is 5.32 Å². The Morgan fingerprint density at radius 3 is 2.83 bits per heavy atom. The Balaban J connectivity index is 1.75. The number of benzene rings is 1. The molecule has 0 spiro atoms. The van der Waals surface area contributed by atoms with E-state index < -0.39 is 0 Å². The minimum Gasteiger partial charge on any atom is -0.353 e. The molecule has 0 bridgehead atoms. The first kappa shape index (κ1) is 17.8. The number of halogens is 1. The molecule has 1 amide bonds. The zero-order chi connectivity index (χ0) is 16.8. The largest absolute Gasteiger partial charge is 0.353 e. The summed E-state index contributed by atoms with van der Waals surface area (Å²) in [5.41, 5.74) is 0.608. The number of amides is 1. The van der Waals surface area contributed by atoms with Crippen molar-refractivity contribution in [2.45, 2.75) is 12.6 Å². The number of piperazine rings is 1. The predicted molar refractivity (Wildman–Crippen MR) is 89.7 cm³/mol. The van der Waals surface area contributed by atoms with E-state index in [0.29, 0.717) is 24.7 Å². The van der Waals surface area contributed by atoms with Crippen molar-refractivity contribution >= 4 is 5.91 Å². The second kappa shape index (κ2) is 8.38. The molecule has 128 valence electrons. The van der Waals surface area contributed by atoms with Crippen LogP contribution in [0, 0.1) is 5.82 Å². The summed E-state index contributed by atoms with van der Waals surface area (Å²) < 4.78 is 13.6. The summed E-state index contributed by atoms with van der Waals surface area (Å²) in [6.07, 6.45) is 0. The number of carbonyl (C=O) groups excluding carboxylic acids is 1. The molecule has 1 N–H and O–H groups in total. The normalized spacial score (nSPS) is 20.0. The number of hydrogen-bond donors (Lipinski definition) is 1. The fourth-order valence-electron chi connectivity index (χ4n) is 2.83. The Morgan fingerprint density at radius 1 is 1.35 bits per heavy atom. The highest BCUT2D eigenvalue weighted by Gasteiger charge is 2.22. The Morgan fingerprint density at radius 2 is 2.09 bits per heavy atom. The SMILES string of the molecule is CN(CC(=O)NC[C@H]1CN(C)CCN1C)Cc1ccccc1F. The molecular formula is C17H27FN4O. The maximum absolute atomic E-state index is 13.6. The van der Waals surface area contributed by atoms with E-state index in [4.69, 9.17) is 0 Å². The second-order valence-corrected chi connectivity index (χ2v) is 6.46. The van der Waals surface area contributed by atoms with Gasteiger partial charge in [0.2, 0.25) is 5.91 Å². The molecule has 2 rings (SSSR count). The molecule has 1 heterocycles. The van der Waals surface area contributed by atoms with Crippen LogP contribution in [0.2, 0.25) is 0 Å². The molecule has 6 heteroatoms. The molecule has 1 saturated heterocycles. The van der Waals surface area contributed by atoms with E-state index in [1.807, 2.05) is 18.0 Å². The third-order valence-electron chi connectivity index (χ3n) is 4.33. The highest BCUT2D eigenvalue weighted by Crippen LogP contribution is 2.08. The zero-order valence-corrected chi connectivity index (χ0v) is 14.3. The van der Waals surface area contributed by atoms with E-state index in [2.05, 4.69) is 29.2 Å². The van der Waals surface area contributed by atoms with Gasteiger partial charge in [0.05, 0.1) is 6.54 Å². The molecule has 1 fully saturated rings. The summed E-state index contributed by atoms with van der Waals surface area (Å²) in [6, 6.07) is 7.01. The van der Waals surface area contributed by atoms with Gasteiger partial charge in [-0.3, -0.25) is 14.6 Å². The van der Waals surface area contributed by atoms with Gasteiger partial charge >= 0.3 is 0 Å². The van der Waals surface area contributed by atoms with Crippen molar-refractivity contribution in [3.05, 3.63) is 35.6 Å². The molecule has 1 aliphatic rings. The highest BCUT2D eigenvalue weighted by molar-refractivity contribution is 5.78. The standard InChI is InChI=1S/C17H27FN4O/c1-20-8-9-22(3)15(12-20)10-19-17(23)13-21(2)11-14-6-4-5-7-16(14)18/h4-7,15H,8-13H2,1-3H3,(H,19,23)/t15-/m0/s1.